The lowest BCUT2D eigenvalue weighted by molar-refractivity contribution is 0.0234. The van der Waals surface area contributed by atoms with E-state index in [0.29, 0.717) is 13.1 Å². The number of hydrogen-bond donors (Lipinski definition) is 3. The molecule has 1 atom stereocenters. The van der Waals surface area contributed by atoms with Crippen molar-refractivity contribution in [2.75, 3.05) is 20.2 Å². The van der Waals surface area contributed by atoms with Gasteiger partial charge in [0, 0.05) is 20.2 Å². The van der Waals surface area contributed by atoms with Gasteiger partial charge in [-0.3, -0.25) is 0 Å². The van der Waals surface area contributed by atoms with Crippen LogP contribution in [0.2, 0.25) is 0 Å². The molecule has 0 saturated carbocycles. The molecule has 1 aromatic rings. The van der Waals surface area contributed by atoms with Crippen molar-refractivity contribution in [3.05, 3.63) is 35.9 Å². The lowest BCUT2D eigenvalue weighted by Crippen LogP contribution is -2.40. The fourth-order valence-electron chi connectivity index (χ4n) is 1.74. The second-order valence-corrected chi connectivity index (χ2v) is 5.08. The van der Waals surface area contributed by atoms with Crippen LogP contribution >= 0.6 is 0 Å². The summed E-state index contributed by atoms with van der Waals surface area (Å²) in [6, 6.07) is 9.74. The highest BCUT2D eigenvalue weighted by Crippen LogP contribution is 2.15. The van der Waals surface area contributed by atoms with Crippen LogP contribution in [0, 0.1) is 0 Å². The van der Waals surface area contributed by atoms with Crippen LogP contribution in [0.4, 0.5) is 0 Å². The van der Waals surface area contributed by atoms with Gasteiger partial charge < -0.3 is 21.0 Å². The van der Waals surface area contributed by atoms with Gasteiger partial charge in [0.15, 0.2) is 0 Å². The van der Waals surface area contributed by atoms with Crippen LogP contribution in [0.5, 0.6) is 0 Å². The fraction of sp³-hybridized carbons (Fsp3) is 0.500. The minimum atomic E-state index is -0.244. The van der Waals surface area contributed by atoms with Gasteiger partial charge in [-0.05, 0) is 19.4 Å². The molecule has 19 heavy (non-hydrogen) atoms. The number of nitrogens with one attached hydrogen (secondary N) is 1. The summed E-state index contributed by atoms with van der Waals surface area (Å²) in [7, 11) is 1.68. The second-order valence-electron chi connectivity index (χ2n) is 5.08. The molecule has 0 bridgehead atoms. The fourth-order valence-corrected chi connectivity index (χ4v) is 1.74. The van der Waals surface area contributed by atoms with E-state index in [1.54, 1.807) is 7.11 Å². The lowest BCUT2D eigenvalue weighted by Gasteiger charge is -2.25. The van der Waals surface area contributed by atoms with E-state index in [0.717, 1.165) is 5.56 Å². The van der Waals surface area contributed by atoms with Crippen molar-refractivity contribution in [1.29, 1.82) is 0 Å². The van der Waals surface area contributed by atoms with Crippen molar-refractivity contribution >= 4 is 5.84 Å². The maximum atomic E-state index is 8.88. The van der Waals surface area contributed by atoms with Gasteiger partial charge >= 0.3 is 0 Å². The Balaban J connectivity index is 2.68. The molecule has 0 aliphatic rings. The van der Waals surface area contributed by atoms with E-state index in [2.05, 4.69) is 10.5 Å². The third-order valence-electron chi connectivity index (χ3n) is 3.13. The summed E-state index contributed by atoms with van der Waals surface area (Å²) < 4.78 is 5.34. The SMILES string of the molecule is COC(C)(C)CNCC(/C(N)=N/O)c1ccccc1. The van der Waals surface area contributed by atoms with Crippen molar-refractivity contribution < 1.29 is 9.94 Å². The molecule has 1 aromatic carbocycles. The monoisotopic (exact) mass is 265 g/mol. The number of amidine groups is 1. The zero-order valence-corrected chi connectivity index (χ0v) is 11.8. The molecule has 1 rings (SSSR count). The Bertz CT molecular complexity index is 404. The first-order valence-corrected chi connectivity index (χ1v) is 6.28. The average molecular weight is 265 g/mol. The van der Waals surface area contributed by atoms with Crippen molar-refractivity contribution in [3.63, 3.8) is 0 Å². The minimum absolute atomic E-state index is 0.154. The molecule has 4 N–H and O–H groups in total. The number of methoxy groups -OCH3 is 1. The number of ether oxygens (including phenoxy) is 1. The second kappa shape index (κ2) is 7.11. The molecule has 0 aliphatic carbocycles. The third kappa shape index (κ3) is 4.89. The number of oxime groups is 1. The Morgan fingerprint density at radius 1 is 1.42 bits per heavy atom. The first-order valence-electron chi connectivity index (χ1n) is 6.28. The number of hydrogen-bond acceptors (Lipinski definition) is 4. The molecule has 0 aliphatic heterocycles. The van der Waals surface area contributed by atoms with Crippen LogP contribution in [0.15, 0.2) is 35.5 Å². The van der Waals surface area contributed by atoms with E-state index in [1.165, 1.54) is 0 Å². The van der Waals surface area contributed by atoms with E-state index in [1.807, 2.05) is 44.2 Å². The summed E-state index contributed by atoms with van der Waals surface area (Å²) in [6.07, 6.45) is 0. The summed E-state index contributed by atoms with van der Waals surface area (Å²) in [5, 5.41) is 15.3. The Morgan fingerprint density at radius 3 is 2.58 bits per heavy atom. The van der Waals surface area contributed by atoms with Gasteiger partial charge in [-0.1, -0.05) is 35.5 Å². The van der Waals surface area contributed by atoms with E-state index >= 15 is 0 Å². The summed E-state index contributed by atoms with van der Waals surface area (Å²) in [5.74, 6) is 0.0489. The van der Waals surface area contributed by atoms with E-state index < -0.39 is 0 Å². The number of nitrogens with two attached hydrogens (primary N) is 1. The van der Waals surface area contributed by atoms with Crippen LogP contribution < -0.4 is 11.1 Å². The van der Waals surface area contributed by atoms with Gasteiger partial charge in [0.25, 0.3) is 0 Å². The van der Waals surface area contributed by atoms with Gasteiger partial charge in [0.2, 0.25) is 0 Å². The van der Waals surface area contributed by atoms with Gasteiger partial charge in [0.1, 0.15) is 5.84 Å². The van der Waals surface area contributed by atoms with Crippen molar-refractivity contribution in [3.8, 4) is 0 Å². The zero-order valence-electron chi connectivity index (χ0n) is 11.8. The standard InChI is InChI=1S/C14H23N3O2/c1-14(2,19-3)10-16-9-12(13(15)17-18)11-7-5-4-6-8-11/h4-8,12,16,18H,9-10H2,1-3H3,(H2,15,17). The first-order chi connectivity index (χ1) is 9.00. The predicted molar refractivity (Wildman–Crippen MR) is 76.5 cm³/mol. The lowest BCUT2D eigenvalue weighted by atomic mass is 9.97. The van der Waals surface area contributed by atoms with E-state index in [9.17, 15) is 0 Å². The maximum absolute atomic E-state index is 8.88. The molecule has 0 amide bonds. The summed E-state index contributed by atoms with van der Waals surface area (Å²) in [6.45, 7) is 5.28. The number of nitrogens with zero attached hydrogens (tertiary/aromatic N) is 1. The summed E-state index contributed by atoms with van der Waals surface area (Å²) >= 11 is 0. The summed E-state index contributed by atoms with van der Waals surface area (Å²) in [4.78, 5) is 0. The van der Waals surface area contributed by atoms with Crippen molar-refractivity contribution in [2.24, 2.45) is 10.9 Å². The molecule has 0 heterocycles. The number of benzene rings is 1. The molecule has 0 saturated heterocycles. The normalized spacial score (nSPS) is 14.4. The Kier molecular flexibility index (Phi) is 5.79. The third-order valence-corrected chi connectivity index (χ3v) is 3.13. The Hall–Kier alpha value is -1.59. The van der Waals surface area contributed by atoms with Gasteiger partial charge in [-0.15, -0.1) is 0 Å². The van der Waals surface area contributed by atoms with Gasteiger partial charge in [-0.25, -0.2) is 0 Å². The maximum Gasteiger partial charge on any atom is 0.147 e. The summed E-state index contributed by atoms with van der Waals surface area (Å²) in [5.41, 5.74) is 6.53. The van der Waals surface area contributed by atoms with Crippen LogP contribution in [0.1, 0.15) is 25.3 Å². The smallest absolute Gasteiger partial charge is 0.147 e. The molecule has 106 valence electrons. The molecule has 0 fully saturated rings. The van der Waals surface area contributed by atoms with Gasteiger partial charge in [-0.2, -0.15) is 0 Å². The minimum Gasteiger partial charge on any atom is -0.409 e. The highest BCUT2D eigenvalue weighted by atomic mass is 16.5. The zero-order chi connectivity index (χ0) is 14.3. The molecule has 0 aromatic heterocycles. The van der Waals surface area contributed by atoms with Crippen LogP contribution in [-0.2, 0) is 4.74 Å². The molecular formula is C14H23N3O2. The van der Waals surface area contributed by atoms with E-state index in [4.69, 9.17) is 15.7 Å². The Morgan fingerprint density at radius 2 is 2.05 bits per heavy atom. The molecule has 5 heteroatoms. The topological polar surface area (TPSA) is 79.9 Å². The molecule has 0 radical (unpaired) electrons. The largest absolute Gasteiger partial charge is 0.409 e. The van der Waals surface area contributed by atoms with Crippen LogP contribution in [-0.4, -0.2) is 36.8 Å². The average Bonchev–Trinajstić information content (AvgIpc) is 2.44. The quantitative estimate of drug-likeness (QED) is 0.302. The predicted octanol–water partition coefficient (Wildman–Crippen LogP) is 1.53. The van der Waals surface area contributed by atoms with E-state index in [-0.39, 0.29) is 17.4 Å². The highest BCUT2D eigenvalue weighted by molar-refractivity contribution is 5.87. The molecule has 0 spiro atoms. The Labute approximate surface area is 114 Å². The first kappa shape index (κ1) is 15.5. The van der Waals surface area contributed by atoms with Crippen molar-refractivity contribution in [1.82, 2.24) is 5.32 Å². The number of rotatable bonds is 7. The van der Waals surface area contributed by atoms with Crippen LogP contribution in [0.25, 0.3) is 0 Å². The highest BCUT2D eigenvalue weighted by Gasteiger charge is 2.19. The van der Waals surface area contributed by atoms with Gasteiger partial charge in [0.05, 0.1) is 11.5 Å². The molecule has 5 nitrogen and oxygen atoms in total. The van der Waals surface area contributed by atoms with Crippen LogP contribution in [0.3, 0.4) is 0 Å². The molecular weight excluding hydrogens is 242 g/mol. The van der Waals surface area contributed by atoms with Crippen molar-refractivity contribution in [2.45, 2.75) is 25.4 Å². The molecule has 1 unspecified atom stereocenters.